The summed E-state index contributed by atoms with van der Waals surface area (Å²) in [6.45, 7) is 0.386. The van der Waals surface area contributed by atoms with E-state index in [1.807, 2.05) is 0 Å². The zero-order valence-electron chi connectivity index (χ0n) is 11.2. The minimum Gasteiger partial charge on any atom is -0.502 e. The molecule has 0 saturated carbocycles. The zero-order chi connectivity index (χ0) is 16.7. The maximum atomic E-state index is 13.8. The van der Waals surface area contributed by atoms with Gasteiger partial charge in [-0.25, -0.2) is 9.18 Å². The molecule has 0 unspecified atom stereocenters. The fourth-order valence-electron chi connectivity index (χ4n) is 2.00. The number of benzene rings is 1. The summed E-state index contributed by atoms with van der Waals surface area (Å²) in [5.41, 5.74) is -4.36. The van der Waals surface area contributed by atoms with Crippen molar-refractivity contribution in [3.8, 4) is 5.75 Å². The van der Waals surface area contributed by atoms with Gasteiger partial charge in [-0.2, -0.15) is 13.2 Å². The van der Waals surface area contributed by atoms with Gasteiger partial charge in [-0.15, -0.1) is 0 Å². The molecule has 1 aromatic carbocycles. The fraction of sp³-hybridized carbons (Fsp3) is 0.231. The third-order valence-electron chi connectivity index (χ3n) is 3.17. The predicted molar refractivity (Wildman–Crippen MR) is 68.2 cm³/mol. The van der Waals surface area contributed by atoms with Crippen LogP contribution in [0.3, 0.4) is 0 Å². The van der Waals surface area contributed by atoms with E-state index in [-0.39, 0.29) is 5.69 Å². The molecular weight excluding hydrogens is 308 g/mol. The van der Waals surface area contributed by atoms with Gasteiger partial charge in [0.15, 0.2) is 0 Å². The Kier molecular flexibility index (Phi) is 3.82. The Bertz CT molecular complexity index is 837. The maximum Gasteiger partial charge on any atom is 0.416 e. The quantitative estimate of drug-likeness (QED) is 0.829. The summed E-state index contributed by atoms with van der Waals surface area (Å²) >= 11 is 0. The molecule has 0 aliphatic rings. The van der Waals surface area contributed by atoms with Gasteiger partial charge in [0.25, 0.3) is 5.56 Å². The Morgan fingerprint density at radius 2 is 1.91 bits per heavy atom. The highest BCUT2D eigenvalue weighted by molar-refractivity contribution is 5.32. The summed E-state index contributed by atoms with van der Waals surface area (Å²) in [6, 6.07) is 2.42. The molecule has 1 heterocycles. The van der Waals surface area contributed by atoms with Gasteiger partial charge >= 0.3 is 11.9 Å². The summed E-state index contributed by atoms with van der Waals surface area (Å²) in [6.07, 6.45) is -4.81. The van der Waals surface area contributed by atoms with Crippen LogP contribution in [-0.4, -0.2) is 14.7 Å². The Hall–Kier alpha value is -2.58. The number of hydrogen-bond donors (Lipinski definition) is 2. The van der Waals surface area contributed by atoms with Crippen molar-refractivity contribution in [2.75, 3.05) is 0 Å². The highest BCUT2D eigenvalue weighted by atomic mass is 19.4. The van der Waals surface area contributed by atoms with Gasteiger partial charge in [-0.1, -0.05) is 6.07 Å². The van der Waals surface area contributed by atoms with Gasteiger partial charge in [0.1, 0.15) is 5.82 Å². The molecule has 0 radical (unpaired) electrons. The standard InChI is InChI=1S/C13H10F4N2O3/c1-6-10(20)11(21)18-12(22)19(6)5-7-8(13(15,16)17)3-2-4-9(7)14/h2-4,20H,5H2,1H3,(H,18,21,22). The van der Waals surface area contributed by atoms with Crippen molar-refractivity contribution in [2.24, 2.45) is 0 Å². The van der Waals surface area contributed by atoms with Gasteiger partial charge in [0, 0.05) is 5.56 Å². The van der Waals surface area contributed by atoms with Crippen LogP contribution >= 0.6 is 0 Å². The second kappa shape index (κ2) is 5.32. The lowest BCUT2D eigenvalue weighted by Gasteiger charge is -2.16. The second-order valence-electron chi connectivity index (χ2n) is 4.54. The summed E-state index contributed by atoms with van der Waals surface area (Å²) < 4.78 is 53.2. The molecule has 2 aromatic rings. The van der Waals surface area contributed by atoms with E-state index in [0.29, 0.717) is 10.6 Å². The molecule has 0 atom stereocenters. The van der Waals surface area contributed by atoms with Crippen molar-refractivity contribution in [1.82, 2.24) is 9.55 Å². The van der Waals surface area contributed by atoms with Crippen molar-refractivity contribution in [1.29, 1.82) is 0 Å². The first kappa shape index (κ1) is 15.8. The van der Waals surface area contributed by atoms with Gasteiger partial charge in [-0.3, -0.25) is 14.3 Å². The van der Waals surface area contributed by atoms with Crippen molar-refractivity contribution in [2.45, 2.75) is 19.6 Å². The molecule has 5 nitrogen and oxygen atoms in total. The van der Waals surface area contributed by atoms with Crippen LogP contribution in [0.4, 0.5) is 17.6 Å². The van der Waals surface area contributed by atoms with Crippen LogP contribution in [-0.2, 0) is 12.7 Å². The number of nitrogens with one attached hydrogen (secondary N) is 1. The Labute approximate surface area is 120 Å². The van der Waals surface area contributed by atoms with Gasteiger partial charge in [0.05, 0.1) is 17.8 Å². The van der Waals surface area contributed by atoms with Crippen LogP contribution in [0.5, 0.6) is 5.75 Å². The third-order valence-corrected chi connectivity index (χ3v) is 3.17. The molecule has 2 N–H and O–H groups in total. The normalized spacial score (nSPS) is 11.7. The lowest BCUT2D eigenvalue weighted by molar-refractivity contribution is -0.138. The number of aromatic hydroxyl groups is 1. The van der Waals surface area contributed by atoms with E-state index in [9.17, 15) is 32.3 Å². The average Bonchev–Trinajstić information content (AvgIpc) is 2.41. The van der Waals surface area contributed by atoms with Gasteiger partial charge in [-0.05, 0) is 19.1 Å². The van der Waals surface area contributed by atoms with Crippen molar-refractivity contribution in [3.05, 3.63) is 61.7 Å². The molecule has 0 aliphatic heterocycles. The monoisotopic (exact) mass is 318 g/mol. The molecular formula is C13H10F4N2O3. The molecule has 1 aromatic heterocycles. The molecule has 0 amide bonds. The minimum absolute atomic E-state index is 0.259. The van der Waals surface area contributed by atoms with Crippen molar-refractivity contribution < 1.29 is 22.7 Å². The minimum atomic E-state index is -4.81. The van der Waals surface area contributed by atoms with Crippen LogP contribution in [0.15, 0.2) is 27.8 Å². The summed E-state index contributed by atoms with van der Waals surface area (Å²) in [5.74, 6) is -1.96. The molecule has 0 aliphatic carbocycles. The second-order valence-corrected chi connectivity index (χ2v) is 4.54. The molecule has 22 heavy (non-hydrogen) atoms. The fourth-order valence-corrected chi connectivity index (χ4v) is 2.00. The lowest BCUT2D eigenvalue weighted by atomic mass is 10.1. The van der Waals surface area contributed by atoms with E-state index in [2.05, 4.69) is 0 Å². The Morgan fingerprint density at radius 1 is 1.27 bits per heavy atom. The molecule has 0 fully saturated rings. The van der Waals surface area contributed by atoms with Crippen LogP contribution in [0.2, 0.25) is 0 Å². The summed E-state index contributed by atoms with van der Waals surface area (Å²) in [4.78, 5) is 24.6. The van der Waals surface area contributed by atoms with Crippen LogP contribution in [0.1, 0.15) is 16.8 Å². The maximum absolute atomic E-state index is 13.8. The molecule has 0 saturated heterocycles. The van der Waals surface area contributed by atoms with E-state index in [1.165, 1.54) is 6.92 Å². The summed E-state index contributed by atoms with van der Waals surface area (Å²) in [5, 5.41) is 9.47. The largest absolute Gasteiger partial charge is 0.502 e. The zero-order valence-corrected chi connectivity index (χ0v) is 11.2. The van der Waals surface area contributed by atoms with Crippen LogP contribution < -0.4 is 11.2 Å². The molecule has 118 valence electrons. The molecule has 0 bridgehead atoms. The molecule has 2 rings (SSSR count). The highest BCUT2D eigenvalue weighted by Gasteiger charge is 2.34. The van der Waals surface area contributed by atoms with Gasteiger partial charge < -0.3 is 5.11 Å². The Morgan fingerprint density at radius 3 is 2.50 bits per heavy atom. The highest BCUT2D eigenvalue weighted by Crippen LogP contribution is 2.33. The smallest absolute Gasteiger partial charge is 0.416 e. The number of alkyl halides is 3. The molecule has 9 heteroatoms. The predicted octanol–water partition coefficient (Wildman–Crippen LogP) is 1.76. The summed E-state index contributed by atoms with van der Waals surface area (Å²) in [7, 11) is 0. The van der Waals surface area contributed by atoms with Crippen molar-refractivity contribution in [3.63, 3.8) is 0 Å². The number of aromatic nitrogens is 2. The number of halogens is 4. The molecule has 0 spiro atoms. The van der Waals surface area contributed by atoms with E-state index in [1.54, 1.807) is 4.98 Å². The van der Waals surface area contributed by atoms with Gasteiger partial charge in [0.2, 0.25) is 5.75 Å². The van der Waals surface area contributed by atoms with Crippen molar-refractivity contribution >= 4 is 0 Å². The SMILES string of the molecule is Cc1c(O)c(=O)[nH]c(=O)n1Cc1c(F)cccc1C(F)(F)F. The van der Waals surface area contributed by atoms with E-state index >= 15 is 0 Å². The third kappa shape index (κ3) is 2.74. The average molecular weight is 318 g/mol. The first-order chi connectivity index (χ1) is 10.1. The van der Waals surface area contributed by atoms with E-state index < -0.39 is 46.7 Å². The van der Waals surface area contributed by atoms with Crippen LogP contribution in [0, 0.1) is 12.7 Å². The number of nitrogens with zero attached hydrogens (tertiary/aromatic N) is 1. The van der Waals surface area contributed by atoms with E-state index in [4.69, 9.17) is 0 Å². The number of H-pyrrole nitrogens is 1. The Balaban J connectivity index is 2.66. The number of hydrogen-bond acceptors (Lipinski definition) is 3. The number of aromatic amines is 1. The number of rotatable bonds is 2. The first-order valence-corrected chi connectivity index (χ1v) is 6.00. The first-order valence-electron chi connectivity index (χ1n) is 6.00. The topological polar surface area (TPSA) is 75.1 Å². The van der Waals surface area contributed by atoms with Crippen LogP contribution in [0.25, 0.3) is 0 Å². The van der Waals surface area contributed by atoms with E-state index in [0.717, 1.165) is 12.1 Å². The lowest BCUT2D eigenvalue weighted by Crippen LogP contribution is -2.32.